The monoisotopic (exact) mass is 261 g/mol. The Bertz CT molecular complexity index is 665. The van der Waals surface area contributed by atoms with E-state index in [4.69, 9.17) is 0 Å². The van der Waals surface area contributed by atoms with Gasteiger partial charge in [-0.05, 0) is 43.5 Å². The van der Waals surface area contributed by atoms with Crippen LogP contribution >= 0.6 is 0 Å². The molecule has 0 saturated heterocycles. The molecule has 0 amide bonds. The predicted molar refractivity (Wildman–Crippen MR) is 68.2 cm³/mol. The lowest BCUT2D eigenvalue weighted by Gasteiger charge is -2.08. The Hall–Kier alpha value is -2.10. The van der Waals surface area contributed by atoms with Crippen LogP contribution in [0.3, 0.4) is 0 Å². The SMILES string of the molecule is Cc1cnc(C(=O)c2c(F)ccc(C)c2F)c(C)c1. The third-order valence-electron chi connectivity index (χ3n) is 2.94. The molecule has 1 heterocycles. The highest BCUT2D eigenvalue weighted by molar-refractivity contribution is 6.09. The smallest absolute Gasteiger partial charge is 0.217 e. The van der Waals surface area contributed by atoms with Crippen molar-refractivity contribution < 1.29 is 13.6 Å². The van der Waals surface area contributed by atoms with Crippen LogP contribution < -0.4 is 0 Å². The molecule has 0 aliphatic heterocycles. The van der Waals surface area contributed by atoms with Gasteiger partial charge >= 0.3 is 0 Å². The van der Waals surface area contributed by atoms with E-state index >= 15 is 0 Å². The second-order valence-corrected chi connectivity index (χ2v) is 4.56. The maximum Gasteiger partial charge on any atom is 0.217 e. The van der Waals surface area contributed by atoms with Crippen molar-refractivity contribution in [2.45, 2.75) is 20.8 Å². The molecule has 0 saturated carbocycles. The number of carbonyl (C=O) groups excluding carboxylic acids is 1. The summed E-state index contributed by atoms with van der Waals surface area (Å²) in [5, 5.41) is 0. The van der Waals surface area contributed by atoms with E-state index in [0.717, 1.165) is 11.6 Å². The fourth-order valence-electron chi connectivity index (χ4n) is 1.94. The van der Waals surface area contributed by atoms with Crippen molar-refractivity contribution in [1.82, 2.24) is 4.98 Å². The Morgan fingerprint density at radius 3 is 2.42 bits per heavy atom. The molecule has 0 fully saturated rings. The van der Waals surface area contributed by atoms with E-state index in [1.807, 2.05) is 6.92 Å². The van der Waals surface area contributed by atoms with Crippen LogP contribution in [-0.4, -0.2) is 10.8 Å². The van der Waals surface area contributed by atoms with Crippen LogP contribution in [0.15, 0.2) is 24.4 Å². The van der Waals surface area contributed by atoms with E-state index in [0.29, 0.717) is 5.56 Å². The van der Waals surface area contributed by atoms with E-state index in [1.165, 1.54) is 19.2 Å². The number of carbonyl (C=O) groups is 1. The number of hydrogen-bond acceptors (Lipinski definition) is 2. The number of nitrogens with zero attached hydrogens (tertiary/aromatic N) is 1. The molecule has 0 unspecified atom stereocenters. The lowest BCUT2D eigenvalue weighted by molar-refractivity contribution is 0.102. The van der Waals surface area contributed by atoms with E-state index in [9.17, 15) is 13.6 Å². The highest BCUT2D eigenvalue weighted by Crippen LogP contribution is 2.21. The molecule has 0 aliphatic rings. The summed E-state index contributed by atoms with van der Waals surface area (Å²) in [5.74, 6) is -2.42. The first kappa shape index (κ1) is 13.3. The summed E-state index contributed by atoms with van der Waals surface area (Å²) in [4.78, 5) is 16.2. The zero-order valence-electron chi connectivity index (χ0n) is 10.9. The third-order valence-corrected chi connectivity index (χ3v) is 2.94. The zero-order valence-corrected chi connectivity index (χ0v) is 10.9. The molecule has 19 heavy (non-hydrogen) atoms. The number of ketones is 1. The molecule has 0 aliphatic carbocycles. The normalized spacial score (nSPS) is 10.6. The van der Waals surface area contributed by atoms with Crippen molar-refractivity contribution in [3.05, 3.63) is 64.0 Å². The summed E-state index contributed by atoms with van der Waals surface area (Å²) < 4.78 is 27.6. The van der Waals surface area contributed by atoms with Gasteiger partial charge in [-0.25, -0.2) is 8.78 Å². The van der Waals surface area contributed by atoms with Crippen molar-refractivity contribution in [2.24, 2.45) is 0 Å². The molecule has 0 spiro atoms. The van der Waals surface area contributed by atoms with E-state index in [-0.39, 0.29) is 11.3 Å². The molecule has 1 aromatic carbocycles. The second kappa shape index (κ2) is 4.88. The molecule has 0 atom stereocenters. The van der Waals surface area contributed by atoms with Crippen LogP contribution in [0.25, 0.3) is 0 Å². The number of hydrogen-bond donors (Lipinski definition) is 0. The fraction of sp³-hybridized carbons (Fsp3) is 0.200. The van der Waals surface area contributed by atoms with Gasteiger partial charge in [0.05, 0.1) is 5.56 Å². The third kappa shape index (κ3) is 2.38. The van der Waals surface area contributed by atoms with Gasteiger partial charge in [0.2, 0.25) is 5.78 Å². The first-order valence-electron chi connectivity index (χ1n) is 5.84. The van der Waals surface area contributed by atoms with Gasteiger partial charge in [-0.3, -0.25) is 9.78 Å². The van der Waals surface area contributed by atoms with Gasteiger partial charge in [0, 0.05) is 6.20 Å². The molecule has 1 aromatic heterocycles. The number of pyridine rings is 1. The zero-order chi connectivity index (χ0) is 14.2. The minimum absolute atomic E-state index is 0.0778. The van der Waals surface area contributed by atoms with Crippen molar-refractivity contribution in [3.63, 3.8) is 0 Å². The number of aryl methyl sites for hydroxylation is 3. The molecular weight excluding hydrogens is 248 g/mol. The molecule has 2 nitrogen and oxygen atoms in total. The van der Waals surface area contributed by atoms with Gasteiger partial charge in [0.15, 0.2) is 0 Å². The Morgan fingerprint density at radius 1 is 1.11 bits per heavy atom. The second-order valence-electron chi connectivity index (χ2n) is 4.56. The number of rotatable bonds is 2. The molecule has 98 valence electrons. The molecule has 2 rings (SSSR count). The van der Waals surface area contributed by atoms with E-state index in [1.54, 1.807) is 13.0 Å². The van der Waals surface area contributed by atoms with Crippen LogP contribution in [0.2, 0.25) is 0 Å². The standard InChI is InChI=1S/C15H13F2NO/c1-8-6-10(3)14(18-7-8)15(19)12-11(16)5-4-9(2)13(12)17/h4-7H,1-3H3. The van der Waals surface area contributed by atoms with Crippen LogP contribution in [0.1, 0.15) is 32.7 Å². The summed E-state index contributed by atoms with van der Waals surface area (Å²) in [5.41, 5.74) is 1.26. The highest BCUT2D eigenvalue weighted by Gasteiger charge is 2.22. The first-order valence-corrected chi connectivity index (χ1v) is 5.84. The van der Waals surface area contributed by atoms with Crippen molar-refractivity contribution in [2.75, 3.05) is 0 Å². The van der Waals surface area contributed by atoms with Gasteiger partial charge in [0.25, 0.3) is 0 Å². The molecule has 4 heteroatoms. The van der Waals surface area contributed by atoms with Gasteiger partial charge < -0.3 is 0 Å². The molecule has 0 bridgehead atoms. The van der Waals surface area contributed by atoms with Crippen LogP contribution in [0.5, 0.6) is 0 Å². The summed E-state index contributed by atoms with van der Waals surface area (Å²) in [6, 6.07) is 4.15. The Balaban J connectivity index is 2.59. The summed E-state index contributed by atoms with van der Waals surface area (Å²) in [6.45, 7) is 5.02. The molecular formula is C15H13F2NO. The van der Waals surface area contributed by atoms with Gasteiger partial charge in [-0.1, -0.05) is 12.1 Å². The topological polar surface area (TPSA) is 30.0 Å². The van der Waals surface area contributed by atoms with E-state index < -0.39 is 23.0 Å². The minimum Gasteiger partial charge on any atom is -0.287 e. The summed E-state index contributed by atoms with van der Waals surface area (Å²) in [6.07, 6.45) is 1.51. The maximum atomic E-state index is 13.9. The average Bonchev–Trinajstić information content (AvgIpc) is 2.34. The Labute approximate surface area is 110 Å². The minimum atomic E-state index is -0.866. The fourth-order valence-corrected chi connectivity index (χ4v) is 1.94. The van der Waals surface area contributed by atoms with E-state index in [2.05, 4.69) is 4.98 Å². The van der Waals surface area contributed by atoms with Crippen LogP contribution in [0.4, 0.5) is 8.78 Å². The molecule has 0 N–H and O–H groups in total. The predicted octanol–water partition coefficient (Wildman–Crippen LogP) is 3.52. The van der Waals surface area contributed by atoms with Crippen LogP contribution in [-0.2, 0) is 0 Å². The largest absolute Gasteiger partial charge is 0.287 e. The Morgan fingerprint density at radius 2 is 1.79 bits per heavy atom. The van der Waals surface area contributed by atoms with Crippen LogP contribution in [0, 0.1) is 32.4 Å². The Kier molecular flexibility index (Phi) is 3.42. The maximum absolute atomic E-state index is 13.9. The molecule has 0 radical (unpaired) electrons. The lowest BCUT2D eigenvalue weighted by atomic mass is 10.0. The number of halogens is 2. The molecule has 2 aromatic rings. The van der Waals surface area contributed by atoms with Gasteiger partial charge in [0.1, 0.15) is 17.3 Å². The van der Waals surface area contributed by atoms with Crippen molar-refractivity contribution in [1.29, 1.82) is 0 Å². The quantitative estimate of drug-likeness (QED) is 0.774. The van der Waals surface area contributed by atoms with Crippen molar-refractivity contribution >= 4 is 5.78 Å². The number of benzene rings is 1. The van der Waals surface area contributed by atoms with Crippen molar-refractivity contribution in [3.8, 4) is 0 Å². The lowest BCUT2D eigenvalue weighted by Crippen LogP contribution is -2.12. The summed E-state index contributed by atoms with van der Waals surface area (Å²) in [7, 11) is 0. The van der Waals surface area contributed by atoms with Gasteiger partial charge in [-0.15, -0.1) is 0 Å². The first-order chi connectivity index (χ1) is 8.91. The summed E-state index contributed by atoms with van der Waals surface area (Å²) >= 11 is 0. The number of aromatic nitrogens is 1. The highest BCUT2D eigenvalue weighted by atomic mass is 19.1. The van der Waals surface area contributed by atoms with Gasteiger partial charge in [-0.2, -0.15) is 0 Å². The average molecular weight is 261 g/mol.